The van der Waals surface area contributed by atoms with Crippen LogP contribution in [0.2, 0.25) is 0 Å². The molecular formula is C17H26N2O2. The van der Waals surface area contributed by atoms with Crippen LogP contribution in [0, 0.1) is 5.92 Å². The molecule has 0 unspecified atom stereocenters. The predicted molar refractivity (Wildman–Crippen MR) is 84.0 cm³/mol. The van der Waals surface area contributed by atoms with Gasteiger partial charge in [0.15, 0.2) is 0 Å². The van der Waals surface area contributed by atoms with Crippen molar-refractivity contribution in [3.63, 3.8) is 0 Å². The van der Waals surface area contributed by atoms with E-state index in [-0.39, 0.29) is 6.03 Å². The lowest BCUT2D eigenvalue weighted by Gasteiger charge is -2.30. The van der Waals surface area contributed by atoms with E-state index >= 15 is 0 Å². The van der Waals surface area contributed by atoms with E-state index in [1.165, 1.54) is 0 Å². The van der Waals surface area contributed by atoms with Gasteiger partial charge in [-0.3, -0.25) is 0 Å². The number of ether oxygens (including phenoxy) is 1. The molecule has 0 saturated carbocycles. The fourth-order valence-electron chi connectivity index (χ4n) is 2.58. The first-order chi connectivity index (χ1) is 10.2. The van der Waals surface area contributed by atoms with Crippen LogP contribution in [0.5, 0.6) is 0 Å². The molecule has 1 heterocycles. The van der Waals surface area contributed by atoms with Gasteiger partial charge in [-0.05, 0) is 36.8 Å². The van der Waals surface area contributed by atoms with Crippen LogP contribution in [-0.2, 0) is 17.9 Å². The summed E-state index contributed by atoms with van der Waals surface area (Å²) in [6.45, 7) is 7.84. The number of hydrogen-bond acceptors (Lipinski definition) is 2. The monoisotopic (exact) mass is 290 g/mol. The standard InChI is InChI=1S/C17H26N2O2/c1-3-21-13-16-7-5-4-6-15(16)12-18-17(20)19-10-8-14(2)9-11-19/h4-7,14H,3,8-13H2,1-2H3,(H,18,20). The zero-order chi connectivity index (χ0) is 15.1. The molecule has 0 bridgehead atoms. The van der Waals surface area contributed by atoms with Gasteiger partial charge in [-0.2, -0.15) is 0 Å². The fraction of sp³-hybridized carbons (Fsp3) is 0.588. The van der Waals surface area contributed by atoms with Crippen LogP contribution in [0.4, 0.5) is 4.79 Å². The van der Waals surface area contributed by atoms with E-state index in [9.17, 15) is 4.79 Å². The summed E-state index contributed by atoms with van der Waals surface area (Å²) in [6.07, 6.45) is 2.21. The first-order valence-corrected chi connectivity index (χ1v) is 7.88. The van der Waals surface area contributed by atoms with Gasteiger partial charge < -0.3 is 15.0 Å². The lowest BCUT2D eigenvalue weighted by Crippen LogP contribution is -2.43. The number of amides is 2. The van der Waals surface area contributed by atoms with E-state index in [1.54, 1.807) is 0 Å². The van der Waals surface area contributed by atoms with Crippen LogP contribution >= 0.6 is 0 Å². The third-order valence-electron chi connectivity index (χ3n) is 4.08. The van der Waals surface area contributed by atoms with Gasteiger partial charge in [0.2, 0.25) is 0 Å². The smallest absolute Gasteiger partial charge is 0.317 e. The summed E-state index contributed by atoms with van der Waals surface area (Å²) in [7, 11) is 0. The Bertz CT molecular complexity index is 454. The highest BCUT2D eigenvalue weighted by Crippen LogP contribution is 2.16. The van der Waals surface area contributed by atoms with Gasteiger partial charge in [-0.15, -0.1) is 0 Å². The van der Waals surface area contributed by atoms with Gasteiger partial charge in [0, 0.05) is 26.2 Å². The number of urea groups is 1. The molecule has 1 aliphatic heterocycles. The Balaban J connectivity index is 1.86. The predicted octanol–water partition coefficient (Wildman–Crippen LogP) is 3.16. The molecule has 1 aromatic rings. The molecule has 1 N–H and O–H groups in total. The maximum atomic E-state index is 12.2. The Labute approximate surface area is 127 Å². The molecule has 21 heavy (non-hydrogen) atoms. The largest absolute Gasteiger partial charge is 0.377 e. The minimum atomic E-state index is 0.0492. The van der Waals surface area contributed by atoms with Crippen molar-refractivity contribution in [3.8, 4) is 0 Å². The summed E-state index contributed by atoms with van der Waals surface area (Å²) in [5.74, 6) is 0.737. The van der Waals surface area contributed by atoms with Crippen molar-refractivity contribution in [2.24, 2.45) is 5.92 Å². The molecule has 2 amide bonds. The quantitative estimate of drug-likeness (QED) is 0.905. The van der Waals surface area contributed by atoms with E-state index in [4.69, 9.17) is 4.74 Å². The number of nitrogens with one attached hydrogen (secondary N) is 1. The Hall–Kier alpha value is -1.55. The van der Waals surface area contributed by atoms with Crippen molar-refractivity contribution in [2.75, 3.05) is 19.7 Å². The lowest BCUT2D eigenvalue weighted by atomic mass is 10.00. The number of hydrogen-bond donors (Lipinski definition) is 1. The highest BCUT2D eigenvalue weighted by molar-refractivity contribution is 5.74. The maximum Gasteiger partial charge on any atom is 0.317 e. The summed E-state index contributed by atoms with van der Waals surface area (Å²) in [5, 5.41) is 3.03. The van der Waals surface area contributed by atoms with Crippen LogP contribution in [0.25, 0.3) is 0 Å². The van der Waals surface area contributed by atoms with E-state index < -0.39 is 0 Å². The minimum absolute atomic E-state index is 0.0492. The van der Waals surface area contributed by atoms with E-state index in [0.29, 0.717) is 19.8 Å². The Morgan fingerprint density at radius 3 is 2.62 bits per heavy atom. The van der Waals surface area contributed by atoms with Crippen LogP contribution < -0.4 is 5.32 Å². The van der Waals surface area contributed by atoms with Crippen LogP contribution in [0.3, 0.4) is 0 Å². The molecule has 1 aromatic carbocycles. The number of benzene rings is 1. The average Bonchev–Trinajstić information content (AvgIpc) is 2.52. The number of carbonyl (C=O) groups excluding carboxylic acids is 1. The van der Waals surface area contributed by atoms with Gasteiger partial charge in [0.05, 0.1) is 6.61 Å². The van der Waals surface area contributed by atoms with Gasteiger partial charge in [0.1, 0.15) is 0 Å². The zero-order valence-corrected chi connectivity index (χ0v) is 13.1. The molecule has 1 aliphatic rings. The molecule has 0 spiro atoms. The van der Waals surface area contributed by atoms with Crippen molar-refractivity contribution in [2.45, 2.75) is 39.8 Å². The van der Waals surface area contributed by atoms with Crippen LogP contribution in [0.1, 0.15) is 37.8 Å². The number of nitrogens with zero attached hydrogens (tertiary/aromatic N) is 1. The fourth-order valence-corrected chi connectivity index (χ4v) is 2.58. The average molecular weight is 290 g/mol. The topological polar surface area (TPSA) is 41.6 Å². The third kappa shape index (κ3) is 4.74. The number of carbonyl (C=O) groups is 1. The molecule has 0 aromatic heterocycles. The van der Waals surface area contributed by atoms with Gasteiger partial charge in [-0.25, -0.2) is 4.79 Å². The number of piperidine rings is 1. The summed E-state index contributed by atoms with van der Waals surface area (Å²) < 4.78 is 5.47. The highest BCUT2D eigenvalue weighted by atomic mass is 16.5. The van der Waals surface area contributed by atoms with Crippen molar-refractivity contribution >= 4 is 6.03 Å². The summed E-state index contributed by atoms with van der Waals surface area (Å²) in [4.78, 5) is 14.1. The third-order valence-corrected chi connectivity index (χ3v) is 4.08. The highest BCUT2D eigenvalue weighted by Gasteiger charge is 2.19. The molecule has 0 atom stereocenters. The second kappa shape index (κ2) is 8.03. The molecule has 0 radical (unpaired) electrons. The molecule has 1 fully saturated rings. The zero-order valence-electron chi connectivity index (χ0n) is 13.1. The summed E-state index contributed by atoms with van der Waals surface area (Å²) >= 11 is 0. The molecule has 4 heteroatoms. The first kappa shape index (κ1) is 15.8. The molecular weight excluding hydrogens is 264 g/mol. The second-order valence-electron chi connectivity index (χ2n) is 5.73. The molecule has 2 rings (SSSR count). The molecule has 0 aliphatic carbocycles. The number of likely N-dealkylation sites (tertiary alicyclic amines) is 1. The maximum absolute atomic E-state index is 12.2. The van der Waals surface area contributed by atoms with Crippen LogP contribution in [0.15, 0.2) is 24.3 Å². The van der Waals surface area contributed by atoms with Gasteiger partial charge >= 0.3 is 6.03 Å². The van der Waals surface area contributed by atoms with Crippen molar-refractivity contribution in [1.82, 2.24) is 10.2 Å². The van der Waals surface area contributed by atoms with Crippen molar-refractivity contribution in [1.29, 1.82) is 0 Å². The Kier molecular flexibility index (Phi) is 6.05. The van der Waals surface area contributed by atoms with Crippen molar-refractivity contribution < 1.29 is 9.53 Å². The van der Waals surface area contributed by atoms with E-state index in [1.807, 2.05) is 30.0 Å². The minimum Gasteiger partial charge on any atom is -0.377 e. The van der Waals surface area contributed by atoms with E-state index in [0.717, 1.165) is 43.0 Å². The van der Waals surface area contributed by atoms with E-state index in [2.05, 4.69) is 18.3 Å². The van der Waals surface area contributed by atoms with Gasteiger partial charge in [-0.1, -0.05) is 31.2 Å². The normalized spacial score (nSPS) is 16.0. The molecule has 4 nitrogen and oxygen atoms in total. The first-order valence-electron chi connectivity index (χ1n) is 7.88. The number of rotatable bonds is 5. The van der Waals surface area contributed by atoms with Crippen LogP contribution in [-0.4, -0.2) is 30.6 Å². The Morgan fingerprint density at radius 2 is 1.95 bits per heavy atom. The van der Waals surface area contributed by atoms with Gasteiger partial charge in [0.25, 0.3) is 0 Å². The second-order valence-corrected chi connectivity index (χ2v) is 5.73. The SMILES string of the molecule is CCOCc1ccccc1CNC(=O)N1CCC(C)CC1. The lowest BCUT2D eigenvalue weighted by molar-refractivity contribution is 0.133. The Morgan fingerprint density at radius 1 is 1.29 bits per heavy atom. The molecule has 1 saturated heterocycles. The van der Waals surface area contributed by atoms with Crippen molar-refractivity contribution in [3.05, 3.63) is 35.4 Å². The molecule has 116 valence electrons. The summed E-state index contributed by atoms with van der Waals surface area (Å²) in [5.41, 5.74) is 2.27. The summed E-state index contributed by atoms with van der Waals surface area (Å²) in [6, 6.07) is 8.16.